The summed E-state index contributed by atoms with van der Waals surface area (Å²) in [6, 6.07) is 0. The summed E-state index contributed by atoms with van der Waals surface area (Å²) in [5.41, 5.74) is 2.03. The molecule has 0 aliphatic carbocycles. The zero-order valence-electron chi connectivity index (χ0n) is 5.76. The molecule has 56 valence electrons. The topological polar surface area (TPSA) is 22.4 Å². The third kappa shape index (κ3) is 1.52. The highest BCUT2D eigenvalue weighted by atomic mass is 35.5. The number of alkyl halides is 1. The molecule has 0 N–H and O–H groups in total. The van der Waals surface area contributed by atoms with E-state index in [1.165, 1.54) is 0 Å². The first-order valence-corrected chi connectivity index (χ1v) is 3.50. The Morgan fingerprint density at radius 1 is 1.50 bits per heavy atom. The minimum Gasteiger partial charge on any atom is -0.472 e. The van der Waals surface area contributed by atoms with E-state index >= 15 is 0 Å². The van der Waals surface area contributed by atoms with Gasteiger partial charge in [-0.2, -0.15) is 0 Å². The highest BCUT2D eigenvalue weighted by Crippen LogP contribution is 2.13. The van der Waals surface area contributed by atoms with E-state index in [9.17, 15) is 0 Å². The highest BCUT2D eigenvalue weighted by molar-refractivity contribution is 6.17. The molecule has 0 saturated heterocycles. The molecule has 0 unspecified atom stereocenters. The Bertz CT molecular complexity index is 195. The second-order valence-electron chi connectivity index (χ2n) is 1.99. The van der Waals surface area contributed by atoms with E-state index in [-0.39, 0.29) is 0 Å². The Morgan fingerprint density at radius 2 is 2.20 bits per heavy atom. The summed E-state index contributed by atoms with van der Waals surface area (Å²) in [7, 11) is 1.64. The van der Waals surface area contributed by atoms with E-state index < -0.39 is 0 Å². The fourth-order valence-corrected chi connectivity index (χ4v) is 0.984. The number of halogens is 1. The molecule has 3 heteroatoms. The first-order chi connectivity index (χ1) is 4.88. The number of hydrogen-bond donors (Lipinski definition) is 0. The van der Waals surface area contributed by atoms with Gasteiger partial charge in [-0.05, 0) is 0 Å². The van der Waals surface area contributed by atoms with Crippen molar-refractivity contribution in [2.75, 3.05) is 7.11 Å². The number of hydrogen-bond acceptors (Lipinski definition) is 2. The van der Waals surface area contributed by atoms with Gasteiger partial charge in [0.2, 0.25) is 0 Å². The maximum atomic E-state index is 5.59. The molecule has 0 spiro atoms. The zero-order valence-corrected chi connectivity index (χ0v) is 6.52. The average Bonchev–Trinajstić information content (AvgIpc) is 2.36. The van der Waals surface area contributed by atoms with Crippen LogP contribution >= 0.6 is 11.6 Å². The average molecular weight is 161 g/mol. The van der Waals surface area contributed by atoms with E-state index in [2.05, 4.69) is 0 Å². The summed E-state index contributed by atoms with van der Waals surface area (Å²) >= 11 is 5.59. The molecular weight excluding hydrogens is 152 g/mol. The van der Waals surface area contributed by atoms with Gasteiger partial charge in [-0.1, -0.05) is 0 Å². The van der Waals surface area contributed by atoms with E-state index in [0.29, 0.717) is 12.5 Å². The van der Waals surface area contributed by atoms with Crippen molar-refractivity contribution in [1.29, 1.82) is 0 Å². The maximum Gasteiger partial charge on any atom is 0.0961 e. The smallest absolute Gasteiger partial charge is 0.0961 e. The van der Waals surface area contributed by atoms with E-state index in [4.69, 9.17) is 20.8 Å². The molecule has 1 aromatic heterocycles. The molecule has 0 saturated carbocycles. The second-order valence-corrected chi connectivity index (χ2v) is 2.26. The van der Waals surface area contributed by atoms with Crippen LogP contribution in [-0.2, 0) is 17.2 Å². The van der Waals surface area contributed by atoms with Crippen molar-refractivity contribution in [2.24, 2.45) is 0 Å². The van der Waals surface area contributed by atoms with Gasteiger partial charge in [-0.15, -0.1) is 11.6 Å². The molecule has 0 amide bonds. The maximum absolute atomic E-state index is 5.59. The van der Waals surface area contributed by atoms with Crippen molar-refractivity contribution >= 4 is 11.6 Å². The largest absolute Gasteiger partial charge is 0.472 e. The fourth-order valence-electron chi connectivity index (χ4n) is 0.749. The third-order valence-corrected chi connectivity index (χ3v) is 1.56. The normalized spacial score (nSPS) is 10.2. The van der Waals surface area contributed by atoms with Crippen LogP contribution in [0.3, 0.4) is 0 Å². The van der Waals surface area contributed by atoms with Crippen molar-refractivity contribution < 1.29 is 9.15 Å². The number of furan rings is 1. The predicted molar refractivity (Wildman–Crippen MR) is 39.0 cm³/mol. The van der Waals surface area contributed by atoms with Crippen LogP contribution < -0.4 is 0 Å². The lowest BCUT2D eigenvalue weighted by molar-refractivity contribution is 0.184. The van der Waals surface area contributed by atoms with Crippen LogP contribution in [-0.4, -0.2) is 7.11 Å². The molecule has 0 bridgehead atoms. The van der Waals surface area contributed by atoms with Crippen LogP contribution in [0.2, 0.25) is 0 Å². The fraction of sp³-hybridized carbons (Fsp3) is 0.429. The van der Waals surface area contributed by atoms with Gasteiger partial charge in [0.15, 0.2) is 0 Å². The van der Waals surface area contributed by atoms with Crippen LogP contribution in [0.1, 0.15) is 11.1 Å². The van der Waals surface area contributed by atoms with Gasteiger partial charge < -0.3 is 9.15 Å². The summed E-state index contributed by atoms with van der Waals surface area (Å²) < 4.78 is 9.83. The lowest BCUT2D eigenvalue weighted by Gasteiger charge is -1.94. The van der Waals surface area contributed by atoms with E-state index in [1.54, 1.807) is 19.6 Å². The van der Waals surface area contributed by atoms with Crippen molar-refractivity contribution in [3.05, 3.63) is 23.7 Å². The van der Waals surface area contributed by atoms with Crippen LogP contribution in [0.25, 0.3) is 0 Å². The molecule has 0 aliphatic heterocycles. The molecule has 1 rings (SSSR count). The van der Waals surface area contributed by atoms with Gasteiger partial charge in [0.05, 0.1) is 25.0 Å². The monoisotopic (exact) mass is 160 g/mol. The van der Waals surface area contributed by atoms with Crippen molar-refractivity contribution in [3.8, 4) is 0 Å². The lowest BCUT2D eigenvalue weighted by atomic mass is 10.2. The van der Waals surface area contributed by atoms with Crippen molar-refractivity contribution in [3.63, 3.8) is 0 Å². The first kappa shape index (κ1) is 7.63. The summed E-state index contributed by atoms with van der Waals surface area (Å²) in [5, 5.41) is 0. The van der Waals surface area contributed by atoms with Crippen LogP contribution in [0, 0.1) is 0 Å². The molecule has 0 aromatic carbocycles. The molecule has 0 fully saturated rings. The Kier molecular flexibility index (Phi) is 2.78. The Balaban J connectivity index is 2.70. The van der Waals surface area contributed by atoms with Gasteiger partial charge in [0.25, 0.3) is 0 Å². The van der Waals surface area contributed by atoms with Crippen molar-refractivity contribution in [1.82, 2.24) is 0 Å². The predicted octanol–water partition coefficient (Wildman–Crippen LogP) is 2.16. The molecule has 0 atom stereocenters. The lowest BCUT2D eigenvalue weighted by Crippen LogP contribution is -1.87. The van der Waals surface area contributed by atoms with Gasteiger partial charge in [-0.25, -0.2) is 0 Å². The van der Waals surface area contributed by atoms with Crippen LogP contribution in [0.5, 0.6) is 0 Å². The third-order valence-electron chi connectivity index (χ3n) is 1.28. The first-order valence-electron chi connectivity index (χ1n) is 2.97. The van der Waals surface area contributed by atoms with Crippen LogP contribution in [0.15, 0.2) is 16.9 Å². The Labute approximate surface area is 64.7 Å². The quantitative estimate of drug-likeness (QED) is 0.633. The summed E-state index contributed by atoms with van der Waals surface area (Å²) in [6.45, 7) is 0.568. The minimum absolute atomic E-state index is 0.481. The van der Waals surface area contributed by atoms with Gasteiger partial charge in [0, 0.05) is 18.2 Å². The van der Waals surface area contributed by atoms with Gasteiger partial charge in [-0.3, -0.25) is 0 Å². The molecule has 10 heavy (non-hydrogen) atoms. The standard InChI is InChI=1S/C7H9ClO2/c1-9-3-7-5-10-4-6(7)2-8/h4-5H,2-3H2,1H3. The molecule has 2 nitrogen and oxygen atoms in total. The Morgan fingerprint density at radius 3 is 2.80 bits per heavy atom. The highest BCUT2D eigenvalue weighted by Gasteiger charge is 2.01. The zero-order chi connectivity index (χ0) is 7.40. The number of methoxy groups -OCH3 is 1. The van der Waals surface area contributed by atoms with Gasteiger partial charge in [0.1, 0.15) is 0 Å². The number of ether oxygens (including phenoxy) is 1. The molecular formula is C7H9ClO2. The number of rotatable bonds is 3. The van der Waals surface area contributed by atoms with E-state index in [1.807, 2.05) is 0 Å². The Hall–Kier alpha value is -0.470. The molecule has 1 aromatic rings. The van der Waals surface area contributed by atoms with Crippen molar-refractivity contribution in [2.45, 2.75) is 12.5 Å². The van der Waals surface area contributed by atoms with E-state index in [0.717, 1.165) is 11.1 Å². The second kappa shape index (κ2) is 3.64. The molecule has 1 heterocycles. The summed E-state index contributed by atoms with van der Waals surface area (Å²) in [6.07, 6.45) is 3.29. The summed E-state index contributed by atoms with van der Waals surface area (Å²) in [4.78, 5) is 0. The summed E-state index contributed by atoms with van der Waals surface area (Å²) in [5.74, 6) is 0.481. The van der Waals surface area contributed by atoms with Gasteiger partial charge >= 0.3 is 0 Å². The SMILES string of the molecule is COCc1cocc1CCl. The molecule has 0 aliphatic rings. The van der Waals surface area contributed by atoms with Crippen LogP contribution in [0.4, 0.5) is 0 Å². The minimum atomic E-state index is 0.481. The molecule has 0 radical (unpaired) electrons.